The Morgan fingerprint density at radius 2 is 2.11 bits per heavy atom. The second kappa shape index (κ2) is 5.13. The summed E-state index contributed by atoms with van der Waals surface area (Å²) < 4.78 is 2.69. The van der Waals surface area contributed by atoms with E-state index in [1.165, 1.54) is 0 Å². The zero-order valence-corrected chi connectivity index (χ0v) is 12.1. The van der Waals surface area contributed by atoms with Gasteiger partial charge in [0.2, 0.25) is 0 Å². The van der Waals surface area contributed by atoms with E-state index in [0.717, 1.165) is 27.1 Å². The molecule has 96 valence electrons. The maximum atomic E-state index is 5.69. The van der Waals surface area contributed by atoms with Crippen LogP contribution in [0.3, 0.4) is 0 Å². The number of hydrogen-bond acceptors (Lipinski definition) is 5. The zero-order valence-electron chi connectivity index (χ0n) is 10.5. The van der Waals surface area contributed by atoms with E-state index in [-0.39, 0.29) is 6.04 Å². The number of halogens is 1. The fraction of sp³-hybridized carbons (Fsp3) is 0.364. The van der Waals surface area contributed by atoms with Gasteiger partial charge in [-0.2, -0.15) is 15.3 Å². The van der Waals surface area contributed by atoms with Gasteiger partial charge in [0.1, 0.15) is 0 Å². The molecule has 7 heteroatoms. The van der Waals surface area contributed by atoms with Crippen LogP contribution in [-0.4, -0.2) is 20.0 Å². The Balaban J connectivity index is 2.55. The van der Waals surface area contributed by atoms with Gasteiger partial charge in [-0.3, -0.25) is 10.5 Å². The number of aryl methyl sites for hydroxylation is 3. The van der Waals surface area contributed by atoms with Crippen molar-refractivity contribution in [2.45, 2.75) is 19.9 Å². The lowest BCUT2D eigenvalue weighted by molar-refractivity contribution is 0.566. The van der Waals surface area contributed by atoms with Crippen LogP contribution in [0, 0.1) is 13.8 Å². The average Bonchev–Trinajstić information content (AvgIpc) is 2.66. The number of hydrazine groups is 1. The van der Waals surface area contributed by atoms with Crippen LogP contribution in [0.15, 0.2) is 16.7 Å². The topological polar surface area (TPSA) is 81.6 Å². The van der Waals surface area contributed by atoms with E-state index in [4.69, 9.17) is 5.84 Å². The van der Waals surface area contributed by atoms with Crippen molar-refractivity contribution in [2.75, 3.05) is 0 Å². The molecule has 0 amide bonds. The molecule has 0 aromatic carbocycles. The Morgan fingerprint density at radius 3 is 2.67 bits per heavy atom. The first-order valence-corrected chi connectivity index (χ1v) is 6.28. The highest BCUT2D eigenvalue weighted by Crippen LogP contribution is 2.28. The minimum absolute atomic E-state index is 0.180. The molecule has 0 aliphatic heterocycles. The Labute approximate surface area is 114 Å². The average molecular weight is 311 g/mol. The van der Waals surface area contributed by atoms with E-state index in [0.29, 0.717) is 0 Å². The van der Waals surface area contributed by atoms with Crippen LogP contribution in [0.4, 0.5) is 0 Å². The number of nitrogens with one attached hydrogen (secondary N) is 1. The third kappa shape index (κ3) is 2.29. The molecule has 1 atom stereocenters. The molecular weight excluding hydrogens is 296 g/mol. The van der Waals surface area contributed by atoms with E-state index >= 15 is 0 Å². The van der Waals surface area contributed by atoms with Crippen molar-refractivity contribution < 1.29 is 0 Å². The molecule has 0 aliphatic rings. The van der Waals surface area contributed by atoms with Crippen LogP contribution in [0.1, 0.15) is 28.7 Å². The maximum Gasteiger partial charge on any atom is 0.0908 e. The van der Waals surface area contributed by atoms with Gasteiger partial charge in [-0.05, 0) is 35.8 Å². The summed E-state index contributed by atoms with van der Waals surface area (Å²) in [6.07, 6.45) is 1.75. The second-order valence-corrected chi connectivity index (χ2v) is 4.98. The van der Waals surface area contributed by atoms with Crippen LogP contribution in [0.2, 0.25) is 0 Å². The van der Waals surface area contributed by atoms with Crippen LogP contribution in [0.25, 0.3) is 0 Å². The van der Waals surface area contributed by atoms with Crippen LogP contribution < -0.4 is 11.3 Å². The summed E-state index contributed by atoms with van der Waals surface area (Å²) >= 11 is 3.48. The van der Waals surface area contributed by atoms with E-state index in [1.807, 2.05) is 27.0 Å². The van der Waals surface area contributed by atoms with E-state index in [9.17, 15) is 0 Å². The molecule has 2 rings (SSSR count). The van der Waals surface area contributed by atoms with Crippen LogP contribution in [-0.2, 0) is 7.05 Å². The first-order valence-electron chi connectivity index (χ1n) is 5.49. The predicted octanol–water partition coefficient (Wildman–Crippen LogP) is 1.14. The number of aromatic nitrogens is 4. The monoisotopic (exact) mass is 310 g/mol. The number of hydrogen-bond donors (Lipinski definition) is 2. The minimum atomic E-state index is -0.180. The Kier molecular flexibility index (Phi) is 3.74. The highest BCUT2D eigenvalue weighted by Gasteiger charge is 2.22. The van der Waals surface area contributed by atoms with E-state index < -0.39 is 0 Å². The summed E-state index contributed by atoms with van der Waals surface area (Å²) in [7, 11) is 1.88. The SMILES string of the molecule is Cc1cc(C(NN)c2c(Br)cnn2C)c(C)nn1. The smallest absolute Gasteiger partial charge is 0.0908 e. The minimum Gasteiger partial charge on any atom is -0.271 e. The molecule has 0 bridgehead atoms. The molecule has 0 saturated carbocycles. The molecule has 18 heavy (non-hydrogen) atoms. The van der Waals surface area contributed by atoms with Crippen molar-refractivity contribution in [3.05, 3.63) is 39.4 Å². The molecule has 0 aliphatic carbocycles. The van der Waals surface area contributed by atoms with Gasteiger partial charge in [-0.15, -0.1) is 0 Å². The van der Waals surface area contributed by atoms with Crippen LogP contribution >= 0.6 is 15.9 Å². The van der Waals surface area contributed by atoms with Gasteiger partial charge in [0.05, 0.1) is 33.8 Å². The summed E-state index contributed by atoms with van der Waals surface area (Å²) in [4.78, 5) is 0. The van der Waals surface area contributed by atoms with Gasteiger partial charge in [0, 0.05) is 12.6 Å². The largest absolute Gasteiger partial charge is 0.271 e. The lowest BCUT2D eigenvalue weighted by Gasteiger charge is -2.19. The molecule has 2 aromatic heterocycles. The van der Waals surface area contributed by atoms with E-state index in [1.54, 1.807) is 10.9 Å². The lowest BCUT2D eigenvalue weighted by atomic mass is 10.0. The number of nitrogens with two attached hydrogens (primary N) is 1. The van der Waals surface area contributed by atoms with Crippen molar-refractivity contribution in [2.24, 2.45) is 12.9 Å². The summed E-state index contributed by atoms with van der Waals surface area (Å²) in [5, 5.41) is 12.4. The Hall–Kier alpha value is -1.31. The summed E-state index contributed by atoms with van der Waals surface area (Å²) in [5.74, 6) is 5.69. The van der Waals surface area contributed by atoms with Gasteiger partial charge in [0.25, 0.3) is 0 Å². The van der Waals surface area contributed by atoms with E-state index in [2.05, 4.69) is 36.7 Å². The molecular formula is C11H15BrN6. The summed E-state index contributed by atoms with van der Waals surface area (Å²) in [6.45, 7) is 3.82. The molecule has 3 N–H and O–H groups in total. The Morgan fingerprint density at radius 1 is 1.39 bits per heavy atom. The Bertz CT molecular complexity index is 545. The van der Waals surface area contributed by atoms with Gasteiger partial charge >= 0.3 is 0 Å². The van der Waals surface area contributed by atoms with Crippen molar-refractivity contribution in [1.29, 1.82) is 0 Å². The van der Waals surface area contributed by atoms with Gasteiger partial charge in [-0.25, -0.2) is 5.43 Å². The third-order valence-corrected chi connectivity index (χ3v) is 3.44. The number of nitrogens with zero attached hydrogens (tertiary/aromatic N) is 4. The van der Waals surface area contributed by atoms with Crippen molar-refractivity contribution >= 4 is 15.9 Å². The maximum absolute atomic E-state index is 5.69. The predicted molar refractivity (Wildman–Crippen MR) is 71.6 cm³/mol. The fourth-order valence-electron chi connectivity index (χ4n) is 1.92. The normalized spacial score (nSPS) is 12.7. The molecule has 0 saturated heterocycles. The summed E-state index contributed by atoms with van der Waals surface area (Å²) in [5.41, 5.74) is 6.46. The molecule has 0 fully saturated rings. The number of rotatable bonds is 3. The molecule has 1 unspecified atom stereocenters. The quantitative estimate of drug-likeness (QED) is 0.656. The van der Waals surface area contributed by atoms with Gasteiger partial charge < -0.3 is 0 Å². The van der Waals surface area contributed by atoms with Gasteiger partial charge in [0.15, 0.2) is 0 Å². The molecule has 6 nitrogen and oxygen atoms in total. The second-order valence-electron chi connectivity index (χ2n) is 4.13. The highest BCUT2D eigenvalue weighted by atomic mass is 79.9. The van der Waals surface area contributed by atoms with Crippen molar-refractivity contribution in [1.82, 2.24) is 25.4 Å². The molecule has 2 heterocycles. The molecule has 0 radical (unpaired) electrons. The van der Waals surface area contributed by atoms with Crippen molar-refractivity contribution in [3.8, 4) is 0 Å². The van der Waals surface area contributed by atoms with Crippen molar-refractivity contribution in [3.63, 3.8) is 0 Å². The lowest BCUT2D eigenvalue weighted by Crippen LogP contribution is -2.31. The van der Waals surface area contributed by atoms with Crippen LogP contribution in [0.5, 0.6) is 0 Å². The fourth-order valence-corrected chi connectivity index (χ4v) is 2.50. The summed E-state index contributed by atoms with van der Waals surface area (Å²) in [6, 6.07) is 1.80. The first-order chi connectivity index (χ1) is 8.54. The first kappa shape index (κ1) is 13.1. The highest BCUT2D eigenvalue weighted by molar-refractivity contribution is 9.10. The molecule has 0 spiro atoms. The molecule has 2 aromatic rings. The standard InChI is InChI=1S/C11H15BrN6/c1-6-4-8(7(2)17-16-6)10(15-13)11-9(12)5-14-18(11)3/h4-5,10,15H,13H2,1-3H3. The zero-order chi connectivity index (χ0) is 13.3. The van der Waals surface area contributed by atoms with Gasteiger partial charge in [-0.1, -0.05) is 0 Å². The third-order valence-electron chi connectivity index (χ3n) is 2.83.